The highest BCUT2D eigenvalue weighted by atomic mass is 19.1. The standard InChI is InChI=1S/C10H17FO3/c11-6-1-7-14-9-4-2-8(3-5-9)10(12)13/h8-9H,1-7H2,(H,12,13)/t8-,9-. The number of carboxylic acids is 1. The van der Waals surface area contributed by atoms with Gasteiger partial charge in [0.15, 0.2) is 0 Å². The van der Waals surface area contributed by atoms with Crippen LogP contribution in [0.2, 0.25) is 0 Å². The molecule has 0 aromatic heterocycles. The highest BCUT2D eigenvalue weighted by Crippen LogP contribution is 2.26. The smallest absolute Gasteiger partial charge is 0.306 e. The van der Waals surface area contributed by atoms with E-state index in [0.717, 1.165) is 12.8 Å². The van der Waals surface area contributed by atoms with Crippen LogP contribution in [0.15, 0.2) is 0 Å². The molecule has 3 nitrogen and oxygen atoms in total. The zero-order valence-corrected chi connectivity index (χ0v) is 8.25. The van der Waals surface area contributed by atoms with Gasteiger partial charge in [0, 0.05) is 6.61 Å². The molecule has 0 radical (unpaired) electrons. The minimum absolute atomic E-state index is 0.150. The first-order chi connectivity index (χ1) is 6.74. The summed E-state index contributed by atoms with van der Waals surface area (Å²) in [4.78, 5) is 10.6. The number of carbonyl (C=O) groups is 1. The lowest BCUT2D eigenvalue weighted by atomic mass is 9.87. The van der Waals surface area contributed by atoms with Crippen molar-refractivity contribution in [1.82, 2.24) is 0 Å². The molecular formula is C10H17FO3. The molecule has 0 spiro atoms. The van der Waals surface area contributed by atoms with Gasteiger partial charge in [-0.2, -0.15) is 0 Å². The number of carboxylic acid groups (broad SMARTS) is 1. The van der Waals surface area contributed by atoms with Gasteiger partial charge in [0.1, 0.15) is 0 Å². The number of hydrogen-bond acceptors (Lipinski definition) is 2. The minimum Gasteiger partial charge on any atom is -0.481 e. The number of rotatable bonds is 5. The van der Waals surface area contributed by atoms with Crippen LogP contribution in [0.1, 0.15) is 32.1 Å². The number of halogens is 1. The molecule has 1 fully saturated rings. The number of hydrogen-bond donors (Lipinski definition) is 1. The second-order valence-electron chi connectivity index (χ2n) is 3.73. The minimum atomic E-state index is -0.702. The fourth-order valence-corrected chi connectivity index (χ4v) is 1.78. The molecule has 0 aromatic carbocycles. The maximum absolute atomic E-state index is 11.8. The van der Waals surface area contributed by atoms with E-state index in [-0.39, 0.29) is 18.7 Å². The van der Waals surface area contributed by atoms with Crippen molar-refractivity contribution >= 4 is 5.97 Å². The monoisotopic (exact) mass is 204 g/mol. The van der Waals surface area contributed by atoms with Crippen molar-refractivity contribution in [3.8, 4) is 0 Å². The predicted molar refractivity (Wildman–Crippen MR) is 49.9 cm³/mol. The Bertz CT molecular complexity index is 176. The summed E-state index contributed by atoms with van der Waals surface area (Å²) in [6.07, 6.45) is 3.56. The molecule has 0 aromatic rings. The van der Waals surface area contributed by atoms with Gasteiger partial charge in [0.2, 0.25) is 0 Å². The molecular weight excluding hydrogens is 187 g/mol. The van der Waals surface area contributed by atoms with Crippen molar-refractivity contribution in [2.45, 2.75) is 38.2 Å². The van der Waals surface area contributed by atoms with Crippen molar-refractivity contribution in [2.75, 3.05) is 13.3 Å². The van der Waals surface area contributed by atoms with Crippen LogP contribution in [0, 0.1) is 5.92 Å². The fraction of sp³-hybridized carbons (Fsp3) is 0.900. The molecule has 0 saturated heterocycles. The molecule has 1 N–H and O–H groups in total. The molecule has 1 rings (SSSR count). The maximum Gasteiger partial charge on any atom is 0.306 e. The van der Waals surface area contributed by atoms with Crippen LogP contribution < -0.4 is 0 Å². The van der Waals surface area contributed by atoms with Crippen LogP contribution in [0.25, 0.3) is 0 Å². The zero-order valence-electron chi connectivity index (χ0n) is 8.25. The Hall–Kier alpha value is -0.640. The van der Waals surface area contributed by atoms with Crippen molar-refractivity contribution < 1.29 is 19.0 Å². The van der Waals surface area contributed by atoms with Gasteiger partial charge < -0.3 is 9.84 Å². The van der Waals surface area contributed by atoms with E-state index >= 15 is 0 Å². The van der Waals surface area contributed by atoms with Crippen LogP contribution in [0.4, 0.5) is 4.39 Å². The van der Waals surface area contributed by atoms with Crippen molar-refractivity contribution in [3.05, 3.63) is 0 Å². The van der Waals surface area contributed by atoms with E-state index in [1.165, 1.54) is 0 Å². The number of alkyl halides is 1. The summed E-state index contributed by atoms with van der Waals surface area (Å²) >= 11 is 0. The van der Waals surface area contributed by atoms with E-state index in [9.17, 15) is 9.18 Å². The van der Waals surface area contributed by atoms with E-state index < -0.39 is 5.97 Å². The fourth-order valence-electron chi connectivity index (χ4n) is 1.78. The summed E-state index contributed by atoms with van der Waals surface area (Å²) < 4.78 is 17.2. The lowest BCUT2D eigenvalue weighted by Crippen LogP contribution is -2.26. The van der Waals surface area contributed by atoms with E-state index in [0.29, 0.717) is 25.9 Å². The number of ether oxygens (including phenoxy) is 1. The topological polar surface area (TPSA) is 46.5 Å². The van der Waals surface area contributed by atoms with Gasteiger partial charge in [-0.1, -0.05) is 0 Å². The zero-order chi connectivity index (χ0) is 10.4. The Balaban J connectivity index is 2.12. The quantitative estimate of drug-likeness (QED) is 0.697. The van der Waals surface area contributed by atoms with Gasteiger partial charge in [0.05, 0.1) is 18.7 Å². The van der Waals surface area contributed by atoms with Crippen LogP contribution in [-0.2, 0) is 9.53 Å². The second kappa shape index (κ2) is 5.96. The third-order valence-corrected chi connectivity index (χ3v) is 2.65. The molecule has 0 amide bonds. The normalized spacial score (nSPS) is 27.5. The van der Waals surface area contributed by atoms with Crippen LogP contribution in [0.5, 0.6) is 0 Å². The first-order valence-corrected chi connectivity index (χ1v) is 5.14. The number of aliphatic carboxylic acids is 1. The lowest BCUT2D eigenvalue weighted by molar-refractivity contribution is -0.143. The second-order valence-corrected chi connectivity index (χ2v) is 3.73. The van der Waals surface area contributed by atoms with Gasteiger partial charge >= 0.3 is 5.97 Å². The molecule has 82 valence electrons. The van der Waals surface area contributed by atoms with Crippen LogP contribution in [0.3, 0.4) is 0 Å². The van der Waals surface area contributed by atoms with Crippen LogP contribution >= 0.6 is 0 Å². The molecule has 4 heteroatoms. The Labute approximate surface area is 83.3 Å². The highest BCUT2D eigenvalue weighted by Gasteiger charge is 2.25. The van der Waals surface area contributed by atoms with Gasteiger partial charge in [-0.25, -0.2) is 0 Å². The molecule has 1 aliphatic carbocycles. The summed E-state index contributed by atoms with van der Waals surface area (Å²) in [5, 5.41) is 8.75. The lowest BCUT2D eigenvalue weighted by Gasteiger charge is -2.25. The van der Waals surface area contributed by atoms with Crippen LogP contribution in [-0.4, -0.2) is 30.5 Å². The molecule has 0 heterocycles. The SMILES string of the molecule is O=C(O)[C@H]1CC[C@H](OCCCF)CC1. The van der Waals surface area contributed by atoms with Gasteiger partial charge in [-0.3, -0.25) is 9.18 Å². The van der Waals surface area contributed by atoms with Crippen molar-refractivity contribution in [2.24, 2.45) is 5.92 Å². The van der Waals surface area contributed by atoms with E-state index in [1.807, 2.05) is 0 Å². The third-order valence-electron chi connectivity index (χ3n) is 2.65. The van der Waals surface area contributed by atoms with E-state index in [1.54, 1.807) is 0 Å². The maximum atomic E-state index is 11.8. The average Bonchev–Trinajstić information content (AvgIpc) is 2.19. The predicted octanol–water partition coefficient (Wildman–Crippen LogP) is 2.01. The highest BCUT2D eigenvalue weighted by molar-refractivity contribution is 5.69. The molecule has 0 bridgehead atoms. The molecule has 0 aliphatic heterocycles. The largest absolute Gasteiger partial charge is 0.481 e. The van der Waals surface area contributed by atoms with Gasteiger partial charge in [0.25, 0.3) is 0 Å². The Morgan fingerprint density at radius 1 is 1.36 bits per heavy atom. The summed E-state index contributed by atoms with van der Waals surface area (Å²) in [5.41, 5.74) is 0. The average molecular weight is 204 g/mol. The van der Waals surface area contributed by atoms with E-state index in [2.05, 4.69) is 0 Å². The Morgan fingerprint density at radius 2 is 2.00 bits per heavy atom. The Morgan fingerprint density at radius 3 is 2.50 bits per heavy atom. The van der Waals surface area contributed by atoms with Gasteiger partial charge in [-0.15, -0.1) is 0 Å². The molecule has 14 heavy (non-hydrogen) atoms. The first kappa shape index (κ1) is 11.4. The summed E-state index contributed by atoms with van der Waals surface area (Å²) in [6, 6.07) is 0. The van der Waals surface area contributed by atoms with E-state index in [4.69, 9.17) is 9.84 Å². The summed E-state index contributed by atoms with van der Waals surface area (Å²) in [5.74, 6) is -0.900. The van der Waals surface area contributed by atoms with Crippen molar-refractivity contribution in [3.63, 3.8) is 0 Å². The molecule has 0 unspecified atom stereocenters. The van der Waals surface area contributed by atoms with Crippen molar-refractivity contribution in [1.29, 1.82) is 0 Å². The third kappa shape index (κ3) is 3.62. The summed E-state index contributed by atoms with van der Waals surface area (Å²) in [7, 11) is 0. The van der Waals surface area contributed by atoms with Gasteiger partial charge in [-0.05, 0) is 32.1 Å². The molecule has 1 aliphatic rings. The molecule has 0 atom stereocenters. The summed E-state index contributed by atoms with van der Waals surface area (Å²) in [6.45, 7) is 0.114. The Kier molecular flexibility index (Phi) is 4.87. The molecule has 1 saturated carbocycles. The first-order valence-electron chi connectivity index (χ1n) is 5.14.